The summed E-state index contributed by atoms with van der Waals surface area (Å²) in [6.45, 7) is 0.761. The maximum atomic E-state index is 12.6. The first-order chi connectivity index (χ1) is 10.2. The molecule has 0 aromatic carbocycles. The Labute approximate surface area is 138 Å². The van der Waals surface area contributed by atoms with Gasteiger partial charge in [-0.1, -0.05) is 12.8 Å². The molecule has 1 heterocycles. The number of rotatable bonds is 5. The Kier molecular flexibility index (Phi) is 4.94. The van der Waals surface area contributed by atoms with Crippen molar-refractivity contribution in [2.75, 3.05) is 11.6 Å². The van der Waals surface area contributed by atoms with Gasteiger partial charge in [-0.25, -0.2) is 4.68 Å². The minimum Gasteiger partial charge on any atom is -0.376 e. The molecule has 0 amide bonds. The van der Waals surface area contributed by atoms with E-state index in [2.05, 4.69) is 32.6 Å². The van der Waals surface area contributed by atoms with Crippen LogP contribution in [0.2, 0.25) is 0 Å². The van der Waals surface area contributed by atoms with Crippen molar-refractivity contribution in [2.45, 2.75) is 56.4 Å². The second-order valence-corrected chi connectivity index (χ2v) is 8.04. The highest BCUT2D eigenvalue weighted by atomic mass is 79.9. The second-order valence-electron chi connectivity index (χ2n) is 6.11. The molecule has 2 unspecified atom stereocenters. The number of thioether (sulfide) groups is 1. The van der Waals surface area contributed by atoms with Gasteiger partial charge in [0.2, 0.25) is 0 Å². The Balaban J connectivity index is 1.79. The molecule has 1 aromatic heterocycles. The van der Waals surface area contributed by atoms with E-state index in [4.69, 9.17) is 0 Å². The van der Waals surface area contributed by atoms with Gasteiger partial charge in [-0.05, 0) is 53.8 Å². The van der Waals surface area contributed by atoms with Crippen molar-refractivity contribution in [2.24, 2.45) is 5.92 Å². The zero-order chi connectivity index (χ0) is 14.8. The van der Waals surface area contributed by atoms with Crippen LogP contribution in [0.4, 0.5) is 5.69 Å². The molecule has 21 heavy (non-hydrogen) atoms. The van der Waals surface area contributed by atoms with Gasteiger partial charge in [0.1, 0.15) is 5.69 Å². The fourth-order valence-corrected chi connectivity index (χ4v) is 4.52. The summed E-state index contributed by atoms with van der Waals surface area (Å²) < 4.78 is 2.42. The summed E-state index contributed by atoms with van der Waals surface area (Å²) in [5, 5.41) is 8.37. The van der Waals surface area contributed by atoms with Crippen LogP contribution in [0.3, 0.4) is 0 Å². The lowest BCUT2D eigenvalue weighted by Crippen LogP contribution is -2.34. The van der Waals surface area contributed by atoms with E-state index in [-0.39, 0.29) is 5.56 Å². The predicted octanol–water partition coefficient (Wildman–Crippen LogP) is 3.50. The minimum atomic E-state index is 0.0167. The first-order valence-corrected chi connectivity index (χ1v) is 9.82. The van der Waals surface area contributed by atoms with Crippen LogP contribution in [0.1, 0.15) is 38.5 Å². The highest BCUT2D eigenvalue weighted by Gasteiger charge is 2.28. The van der Waals surface area contributed by atoms with Gasteiger partial charge in [0.25, 0.3) is 5.56 Å². The van der Waals surface area contributed by atoms with Crippen LogP contribution in [0.25, 0.3) is 0 Å². The zero-order valence-electron chi connectivity index (χ0n) is 12.3. The highest BCUT2D eigenvalue weighted by Crippen LogP contribution is 2.32. The topological polar surface area (TPSA) is 46.9 Å². The maximum Gasteiger partial charge on any atom is 0.291 e. The third kappa shape index (κ3) is 3.31. The van der Waals surface area contributed by atoms with E-state index in [1.807, 2.05) is 11.8 Å². The zero-order valence-corrected chi connectivity index (χ0v) is 14.8. The Morgan fingerprint density at radius 1 is 1.38 bits per heavy atom. The van der Waals surface area contributed by atoms with Crippen molar-refractivity contribution in [1.82, 2.24) is 9.78 Å². The largest absolute Gasteiger partial charge is 0.376 e. The fraction of sp³-hybridized carbons (Fsp3) is 0.733. The van der Waals surface area contributed by atoms with E-state index in [9.17, 15) is 4.79 Å². The van der Waals surface area contributed by atoms with Crippen LogP contribution < -0.4 is 10.9 Å². The quantitative estimate of drug-likeness (QED) is 0.860. The molecule has 116 valence electrons. The van der Waals surface area contributed by atoms with Gasteiger partial charge in [-0.15, -0.1) is 0 Å². The third-order valence-electron chi connectivity index (χ3n) is 4.74. The molecule has 2 atom stereocenters. The van der Waals surface area contributed by atoms with Gasteiger partial charge < -0.3 is 5.32 Å². The van der Waals surface area contributed by atoms with Crippen LogP contribution in [0.15, 0.2) is 15.5 Å². The van der Waals surface area contributed by atoms with E-state index < -0.39 is 0 Å². The number of anilines is 1. The van der Waals surface area contributed by atoms with Gasteiger partial charge in [-0.2, -0.15) is 16.9 Å². The van der Waals surface area contributed by atoms with Gasteiger partial charge in [0, 0.05) is 17.8 Å². The summed E-state index contributed by atoms with van der Waals surface area (Å²) in [4.78, 5) is 12.6. The molecule has 6 heteroatoms. The van der Waals surface area contributed by atoms with Crippen molar-refractivity contribution in [3.05, 3.63) is 21.0 Å². The lowest BCUT2D eigenvalue weighted by Gasteiger charge is -2.26. The first kappa shape index (κ1) is 15.4. The lowest BCUT2D eigenvalue weighted by atomic mass is 9.85. The molecule has 1 N–H and O–H groups in total. The number of nitrogens with one attached hydrogen (secondary N) is 1. The van der Waals surface area contributed by atoms with Gasteiger partial charge in [-0.3, -0.25) is 4.79 Å². The molecular weight excluding hydrogens is 350 g/mol. The Morgan fingerprint density at radius 2 is 2.14 bits per heavy atom. The normalized spacial score (nSPS) is 25.8. The fourth-order valence-electron chi connectivity index (χ4n) is 3.21. The van der Waals surface area contributed by atoms with E-state index >= 15 is 0 Å². The standard InChI is InChI=1S/C15H22BrN3OS/c1-21-13-7-3-6-12(13)18-14-11(16)8-17-19(15(14)20)9-10-4-2-5-10/h8,10,12-13,18H,2-7,9H2,1H3. The summed E-state index contributed by atoms with van der Waals surface area (Å²) in [7, 11) is 0. The Morgan fingerprint density at radius 3 is 2.81 bits per heavy atom. The van der Waals surface area contributed by atoms with Crippen LogP contribution in [-0.4, -0.2) is 27.3 Å². The highest BCUT2D eigenvalue weighted by molar-refractivity contribution is 9.10. The molecule has 0 radical (unpaired) electrons. The Bertz CT molecular complexity index is 558. The lowest BCUT2D eigenvalue weighted by molar-refractivity contribution is 0.262. The molecule has 3 rings (SSSR count). The second kappa shape index (κ2) is 6.73. The van der Waals surface area contributed by atoms with E-state index in [1.165, 1.54) is 32.1 Å². The maximum absolute atomic E-state index is 12.6. The smallest absolute Gasteiger partial charge is 0.291 e. The van der Waals surface area contributed by atoms with Gasteiger partial charge in [0.15, 0.2) is 0 Å². The molecule has 0 saturated heterocycles. The van der Waals surface area contributed by atoms with Crippen LogP contribution >= 0.6 is 27.7 Å². The molecule has 2 aliphatic rings. The minimum absolute atomic E-state index is 0.0167. The van der Waals surface area contributed by atoms with Gasteiger partial charge >= 0.3 is 0 Å². The predicted molar refractivity (Wildman–Crippen MR) is 92.1 cm³/mol. The third-order valence-corrected chi connectivity index (χ3v) is 6.51. The summed E-state index contributed by atoms with van der Waals surface area (Å²) in [5.74, 6) is 0.634. The van der Waals surface area contributed by atoms with Crippen LogP contribution in [0.5, 0.6) is 0 Å². The van der Waals surface area contributed by atoms with Crippen molar-refractivity contribution in [3.8, 4) is 0 Å². The molecule has 2 fully saturated rings. The molecule has 2 saturated carbocycles. The molecule has 1 aromatic rings. The summed E-state index contributed by atoms with van der Waals surface area (Å²) >= 11 is 5.38. The Hall–Kier alpha value is -0.490. The number of nitrogens with zero attached hydrogens (tertiary/aromatic N) is 2. The average molecular weight is 372 g/mol. The molecule has 0 spiro atoms. The number of halogens is 1. The number of hydrogen-bond acceptors (Lipinski definition) is 4. The van der Waals surface area contributed by atoms with E-state index in [1.54, 1.807) is 10.9 Å². The number of hydrogen-bond donors (Lipinski definition) is 1. The molecule has 4 nitrogen and oxygen atoms in total. The van der Waals surface area contributed by atoms with Gasteiger partial charge in [0.05, 0.1) is 10.7 Å². The van der Waals surface area contributed by atoms with Crippen molar-refractivity contribution in [3.63, 3.8) is 0 Å². The van der Waals surface area contributed by atoms with Crippen molar-refractivity contribution < 1.29 is 0 Å². The molecule has 0 bridgehead atoms. The first-order valence-electron chi connectivity index (χ1n) is 7.74. The summed E-state index contributed by atoms with van der Waals surface area (Å²) in [6, 6.07) is 0.392. The van der Waals surface area contributed by atoms with Crippen LogP contribution in [-0.2, 0) is 6.54 Å². The van der Waals surface area contributed by atoms with Crippen molar-refractivity contribution >= 4 is 33.4 Å². The van der Waals surface area contributed by atoms with Crippen LogP contribution in [0, 0.1) is 5.92 Å². The monoisotopic (exact) mass is 371 g/mol. The molecular formula is C15H22BrN3OS. The van der Waals surface area contributed by atoms with E-state index in [0.29, 0.717) is 22.9 Å². The van der Waals surface area contributed by atoms with Crippen molar-refractivity contribution in [1.29, 1.82) is 0 Å². The average Bonchev–Trinajstić information content (AvgIpc) is 2.88. The van der Waals surface area contributed by atoms with E-state index in [0.717, 1.165) is 17.4 Å². The summed E-state index contributed by atoms with van der Waals surface area (Å²) in [6.07, 6.45) is 11.3. The molecule has 2 aliphatic carbocycles. The number of aromatic nitrogens is 2. The SMILES string of the molecule is CSC1CCCC1Nc1c(Br)cnn(CC2CCC2)c1=O. The molecule has 0 aliphatic heterocycles. The summed E-state index contributed by atoms with van der Waals surface area (Å²) in [5.41, 5.74) is 0.707.